The summed E-state index contributed by atoms with van der Waals surface area (Å²) in [5.74, 6) is 1.11. The van der Waals surface area contributed by atoms with Gasteiger partial charge in [-0.15, -0.1) is 0 Å². The summed E-state index contributed by atoms with van der Waals surface area (Å²) < 4.78 is 5.24. The van der Waals surface area contributed by atoms with E-state index < -0.39 is 0 Å². The van der Waals surface area contributed by atoms with Crippen molar-refractivity contribution in [3.8, 4) is 0 Å². The number of allylic oxidation sites excluding steroid dienone is 3. The number of rotatable bonds is 5. The Hall–Kier alpha value is -1.05. The van der Waals surface area contributed by atoms with E-state index in [4.69, 9.17) is 4.74 Å². The second kappa shape index (κ2) is 4.65. The normalized spacial score (nSPS) is 26.9. The van der Waals surface area contributed by atoms with Crippen LogP contribution in [0.1, 0.15) is 32.6 Å². The van der Waals surface area contributed by atoms with Crippen molar-refractivity contribution in [2.75, 3.05) is 6.61 Å². The van der Waals surface area contributed by atoms with Gasteiger partial charge in [0, 0.05) is 12.3 Å². The van der Waals surface area contributed by atoms with E-state index in [0.717, 1.165) is 12.8 Å². The smallest absolute Gasteiger partial charge is 0.306 e. The minimum absolute atomic E-state index is 0.0514. The molecular weight excluding hydrogens is 188 g/mol. The highest BCUT2D eigenvalue weighted by Crippen LogP contribution is 2.38. The summed E-state index contributed by atoms with van der Waals surface area (Å²) in [6, 6.07) is 0. The highest BCUT2D eigenvalue weighted by atomic mass is 16.5. The van der Waals surface area contributed by atoms with Crippen molar-refractivity contribution in [1.82, 2.24) is 0 Å². The fourth-order valence-electron chi connectivity index (χ4n) is 2.24. The van der Waals surface area contributed by atoms with Crippen molar-refractivity contribution in [3.05, 3.63) is 23.8 Å². The molecule has 0 saturated heterocycles. The molecule has 2 rings (SSSR count). The van der Waals surface area contributed by atoms with E-state index in [2.05, 4.69) is 25.2 Å². The van der Waals surface area contributed by atoms with Crippen molar-refractivity contribution in [2.24, 2.45) is 11.8 Å². The molecule has 0 aromatic carbocycles. The summed E-state index contributed by atoms with van der Waals surface area (Å²) in [6.07, 6.45) is 10.5. The van der Waals surface area contributed by atoms with E-state index in [1.54, 1.807) is 0 Å². The van der Waals surface area contributed by atoms with E-state index in [1.165, 1.54) is 12.0 Å². The van der Waals surface area contributed by atoms with Crippen molar-refractivity contribution in [1.29, 1.82) is 0 Å². The molecule has 0 aromatic rings. The van der Waals surface area contributed by atoms with Crippen molar-refractivity contribution in [3.63, 3.8) is 0 Å². The van der Waals surface area contributed by atoms with Crippen LogP contribution < -0.4 is 0 Å². The largest absolute Gasteiger partial charge is 0.461 e. The lowest BCUT2D eigenvalue weighted by Crippen LogP contribution is -2.09. The lowest BCUT2D eigenvalue weighted by molar-refractivity contribution is -0.142. The van der Waals surface area contributed by atoms with Gasteiger partial charge in [0.25, 0.3) is 0 Å². The van der Waals surface area contributed by atoms with Gasteiger partial charge in [-0.05, 0) is 24.3 Å². The third-order valence-corrected chi connectivity index (χ3v) is 3.16. The van der Waals surface area contributed by atoms with Crippen LogP contribution in [0.15, 0.2) is 23.8 Å². The first-order chi connectivity index (χ1) is 7.29. The van der Waals surface area contributed by atoms with Crippen molar-refractivity contribution >= 4 is 5.97 Å². The number of carbonyl (C=O) groups is 1. The van der Waals surface area contributed by atoms with Crippen molar-refractivity contribution < 1.29 is 9.53 Å². The van der Waals surface area contributed by atoms with Crippen LogP contribution in [0.4, 0.5) is 0 Å². The predicted octanol–water partition coefficient (Wildman–Crippen LogP) is 2.85. The minimum Gasteiger partial charge on any atom is -0.461 e. The van der Waals surface area contributed by atoms with Gasteiger partial charge in [0.15, 0.2) is 0 Å². The first-order valence-corrected chi connectivity index (χ1v) is 5.84. The van der Waals surface area contributed by atoms with Crippen LogP contribution in [0, 0.1) is 11.8 Å². The van der Waals surface area contributed by atoms with Crippen LogP contribution in [-0.2, 0) is 9.53 Å². The molecule has 0 aliphatic heterocycles. The molecule has 0 spiro atoms. The van der Waals surface area contributed by atoms with Gasteiger partial charge in [-0.25, -0.2) is 0 Å². The second-order valence-corrected chi connectivity index (χ2v) is 4.40. The molecule has 15 heavy (non-hydrogen) atoms. The zero-order valence-electron chi connectivity index (χ0n) is 9.24. The maximum Gasteiger partial charge on any atom is 0.306 e. The summed E-state index contributed by atoms with van der Waals surface area (Å²) >= 11 is 0. The topological polar surface area (TPSA) is 26.3 Å². The third kappa shape index (κ3) is 2.49. The molecular formula is C13H18O2. The lowest BCUT2D eigenvalue weighted by Gasteiger charge is -2.10. The van der Waals surface area contributed by atoms with Gasteiger partial charge < -0.3 is 4.74 Å². The van der Waals surface area contributed by atoms with E-state index >= 15 is 0 Å². The minimum atomic E-state index is -0.0514. The predicted molar refractivity (Wildman–Crippen MR) is 59.3 cm³/mol. The number of carbonyl (C=O) groups excluding carboxylic acids is 1. The Morgan fingerprint density at radius 1 is 1.53 bits per heavy atom. The molecule has 0 saturated carbocycles. The third-order valence-electron chi connectivity index (χ3n) is 3.16. The number of unbranched alkanes of at least 4 members (excludes halogenated alkanes) is 1. The van der Waals surface area contributed by atoms with Crippen LogP contribution in [0.2, 0.25) is 0 Å². The summed E-state index contributed by atoms with van der Waals surface area (Å²) in [5.41, 5.74) is 1.30. The fourth-order valence-corrected chi connectivity index (χ4v) is 2.24. The number of ether oxygens (including phenoxy) is 1. The second-order valence-electron chi connectivity index (χ2n) is 4.40. The molecule has 2 atom stereocenters. The van der Waals surface area contributed by atoms with Gasteiger partial charge >= 0.3 is 5.97 Å². The molecule has 82 valence electrons. The zero-order chi connectivity index (χ0) is 10.7. The van der Waals surface area contributed by atoms with E-state index in [0.29, 0.717) is 24.9 Å². The molecule has 0 heterocycles. The van der Waals surface area contributed by atoms with E-state index in [9.17, 15) is 4.79 Å². The Morgan fingerprint density at radius 3 is 3.00 bits per heavy atom. The van der Waals surface area contributed by atoms with Gasteiger partial charge in [-0.2, -0.15) is 0 Å². The van der Waals surface area contributed by atoms with Gasteiger partial charge in [0.1, 0.15) is 6.61 Å². The molecule has 2 aliphatic rings. The Balaban J connectivity index is 1.71. The number of esters is 1. The average Bonchev–Trinajstić information content (AvgIpc) is 2.84. The van der Waals surface area contributed by atoms with Crippen LogP contribution >= 0.6 is 0 Å². The molecule has 2 unspecified atom stereocenters. The fraction of sp³-hybridized carbons (Fsp3) is 0.615. The maximum atomic E-state index is 11.3. The zero-order valence-corrected chi connectivity index (χ0v) is 9.24. The quantitative estimate of drug-likeness (QED) is 0.510. The number of hydrogen-bond acceptors (Lipinski definition) is 2. The standard InChI is InChI=1S/C13H18O2/c1-2-3-4-13(14)15-9-12-8-10-5-6-11(12)7-10/h5-6,8,10-11H,2-4,7,9H2,1H3. The molecule has 0 amide bonds. The SMILES string of the molecule is CCCCC(=O)OCC1=CC2C=CC1C2. The Kier molecular flexibility index (Phi) is 3.24. The Morgan fingerprint density at radius 2 is 2.40 bits per heavy atom. The molecule has 2 nitrogen and oxygen atoms in total. The first kappa shape index (κ1) is 10.5. The van der Waals surface area contributed by atoms with Gasteiger partial charge in [0.2, 0.25) is 0 Å². The number of fused-ring (bicyclic) bond motifs is 2. The maximum absolute atomic E-state index is 11.3. The number of hydrogen-bond donors (Lipinski definition) is 0. The Labute approximate surface area is 91.0 Å². The van der Waals surface area contributed by atoms with Crippen LogP contribution in [-0.4, -0.2) is 12.6 Å². The summed E-state index contributed by atoms with van der Waals surface area (Å²) in [5, 5.41) is 0. The Bertz CT molecular complexity index is 302. The molecule has 2 heteroatoms. The molecule has 0 fully saturated rings. The lowest BCUT2D eigenvalue weighted by atomic mass is 10.0. The van der Waals surface area contributed by atoms with Crippen molar-refractivity contribution in [2.45, 2.75) is 32.6 Å². The van der Waals surface area contributed by atoms with Gasteiger partial charge in [-0.1, -0.05) is 31.6 Å². The van der Waals surface area contributed by atoms with Crippen LogP contribution in [0.5, 0.6) is 0 Å². The van der Waals surface area contributed by atoms with E-state index in [1.807, 2.05) is 0 Å². The summed E-state index contributed by atoms with van der Waals surface area (Å²) in [4.78, 5) is 11.3. The molecule has 0 aromatic heterocycles. The molecule has 0 N–H and O–H groups in total. The molecule has 2 aliphatic carbocycles. The molecule has 0 radical (unpaired) electrons. The first-order valence-electron chi connectivity index (χ1n) is 5.84. The summed E-state index contributed by atoms with van der Waals surface area (Å²) in [7, 11) is 0. The monoisotopic (exact) mass is 206 g/mol. The van der Waals surface area contributed by atoms with Crippen LogP contribution in [0.3, 0.4) is 0 Å². The average molecular weight is 206 g/mol. The van der Waals surface area contributed by atoms with Gasteiger partial charge in [-0.3, -0.25) is 4.79 Å². The van der Waals surface area contributed by atoms with Gasteiger partial charge in [0.05, 0.1) is 0 Å². The summed E-state index contributed by atoms with van der Waals surface area (Å²) in [6.45, 7) is 2.59. The van der Waals surface area contributed by atoms with Crippen LogP contribution in [0.25, 0.3) is 0 Å². The highest BCUT2D eigenvalue weighted by molar-refractivity contribution is 5.69. The highest BCUT2D eigenvalue weighted by Gasteiger charge is 2.28. The molecule has 2 bridgehead atoms. The van der Waals surface area contributed by atoms with E-state index in [-0.39, 0.29) is 5.97 Å².